The van der Waals surface area contributed by atoms with Crippen molar-refractivity contribution in [1.82, 2.24) is 4.98 Å². The Morgan fingerprint density at radius 3 is 2.92 bits per heavy atom. The minimum atomic E-state index is -0.428. The van der Waals surface area contributed by atoms with Gasteiger partial charge in [-0.25, -0.2) is 4.98 Å². The third-order valence-corrected chi connectivity index (χ3v) is 5.75. The van der Waals surface area contributed by atoms with Crippen molar-refractivity contribution in [2.75, 3.05) is 12.0 Å². The van der Waals surface area contributed by atoms with Crippen molar-refractivity contribution in [3.63, 3.8) is 0 Å². The van der Waals surface area contributed by atoms with E-state index in [0.717, 1.165) is 21.3 Å². The zero-order valence-corrected chi connectivity index (χ0v) is 17.3. The van der Waals surface area contributed by atoms with Crippen LogP contribution in [0.3, 0.4) is 0 Å². The van der Waals surface area contributed by atoms with Crippen LogP contribution in [0.1, 0.15) is 41.6 Å². The van der Waals surface area contributed by atoms with Crippen LogP contribution in [0.4, 0.5) is 10.1 Å². The zero-order chi connectivity index (χ0) is 18.9. The van der Waals surface area contributed by atoms with Gasteiger partial charge in [-0.3, -0.25) is 4.39 Å². The molecule has 0 aliphatic carbocycles. The first-order valence-electron chi connectivity index (χ1n) is 8.33. The molecule has 0 aromatic carbocycles. The Morgan fingerprint density at radius 2 is 2.31 bits per heavy atom. The Bertz CT molecular complexity index is 835. The Hall–Kier alpha value is -1.97. The summed E-state index contributed by atoms with van der Waals surface area (Å²) < 4.78 is 13.8. The molecule has 0 aliphatic heterocycles. The Balaban J connectivity index is 2.43. The topological polar surface area (TPSA) is 48.7 Å². The maximum absolute atomic E-state index is 13.0. The third-order valence-electron chi connectivity index (χ3n) is 3.93. The second-order valence-electron chi connectivity index (χ2n) is 5.70. The Kier molecular flexibility index (Phi) is 8.02. The molecule has 6 heteroatoms. The molecule has 136 valence electrons. The van der Waals surface area contributed by atoms with Crippen LogP contribution in [0.25, 0.3) is 4.48 Å². The van der Waals surface area contributed by atoms with Gasteiger partial charge in [0.05, 0.1) is 12.4 Å². The van der Waals surface area contributed by atoms with Crippen molar-refractivity contribution in [1.29, 1.82) is 5.26 Å². The molecule has 0 amide bonds. The van der Waals surface area contributed by atoms with Crippen LogP contribution in [0.5, 0.6) is 0 Å². The standard InChI is InChI=1S/C20H21BrFN3S/c1-3-4-6-15(8-9-22)19(21)20-14(2)18(11-16(12-23)25-20)24-13-17-7-5-10-26-17/h3-5,7,10-11H,6,8-9,13H2,1-2H3,(H,24,25)/b4-3+,19-15-. The number of allylic oxidation sites excluding steroid dienone is 3. The summed E-state index contributed by atoms with van der Waals surface area (Å²) in [4.78, 5) is 5.67. The number of alkyl halides is 1. The van der Waals surface area contributed by atoms with Gasteiger partial charge in [-0.1, -0.05) is 18.2 Å². The van der Waals surface area contributed by atoms with Crippen LogP contribution < -0.4 is 5.32 Å². The monoisotopic (exact) mass is 433 g/mol. The van der Waals surface area contributed by atoms with Gasteiger partial charge in [0, 0.05) is 21.6 Å². The van der Waals surface area contributed by atoms with Crippen molar-refractivity contribution in [3.05, 3.63) is 63.1 Å². The molecule has 1 N–H and O–H groups in total. The minimum absolute atomic E-state index is 0.334. The van der Waals surface area contributed by atoms with E-state index in [4.69, 9.17) is 0 Å². The van der Waals surface area contributed by atoms with E-state index >= 15 is 0 Å². The lowest BCUT2D eigenvalue weighted by Gasteiger charge is -2.15. The molecule has 26 heavy (non-hydrogen) atoms. The number of nitrogens with one attached hydrogen (secondary N) is 1. The Labute approximate surface area is 166 Å². The molecule has 0 atom stereocenters. The van der Waals surface area contributed by atoms with Gasteiger partial charge >= 0.3 is 0 Å². The van der Waals surface area contributed by atoms with Crippen LogP contribution >= 0.6 is 27.3 Å². The van der Waals surface area contributed by atoms with Gasteiger partial charge in [0.15, 0.2) is 0 Å². The number of thiophene rings is 1. The first kappa shape index (κ1) is 20.3. The molecule has 0 fully saturated rings. The van der Waals surface area contributed by atoms with E-state index in [-0.39, 0.29) is 0 Å². The quantitative estimate of drug-likeness (QED) is 0.492. The van der Waals surface area contributed by atoms with Gasteiger partial charge in [-0.15, -0.1) is 11.3 Å². The van der Waals surface area contributed by atoms with Gasteiger partial charge in [0.2, 0.25) is 0 Å². The molecule has 0 unspecified atom stereocenters. The molecule has 0 saturated carbocycles. The summed E-state index contributed by atoms with van der Waals surface area (Å²) in [6.45, 7) is 4.16. The Morgan fingerprint density at radius 1 is 1.50 bits per heavy atom. The second kappa shape index (κ2) is 10.2. The highest BCUT2D eigenvalue weighted by Crippen LogP contribution is 2.33. The smallest absolute Gasteiger partial charge is 0.143 e. The minimum Gasteiger partial charge on any atom is -0.380 e. The number of nitrogens with zero attached hydrogens (tertiary/aromatic N) is 2. The fraction of sp³-hybridized carbons (Fsp3) is 0.300. The number of nitriles is 1. The summed E-state index contributed by atoms with van der Waals surface area (Å²) in [6.07, 6.45) is 4.92. The summed E-state index contributed by atoms with van der Waals surface area (Å²) in [7, 11) is 0. The fourth-order valence-corrected chi connectivity index (χ4v) is 3.89. The summed E-state index contributed by atoms with van der Waals surface area (Å²) in [5, 5.41) is 14.8. The number of anilines is 1. The molecule has 0 saturated heterocycles. The molecule has 0 radical (unpaired) electrons. The van der Waals surface area contributed by atoms with E-state index in [1.54, 1.807) is 17.4 Å². The number of aromatic nitrogens is 1. The molecule has 0 aliphatic rings. The van der Waals surface area contributed by atoms with Crippen molar-refractivity contribution in [2.24, 2.45) is 0 Å². The van der Waals surface area contributed by atoms with Crippen LogP contribution in [0.2, 0.25) is 0 Å². The van der Waals surface area contributed by atoms with E-state index in [0.29, 0.717) is 30.8 Å². The van der Waals surface area contributed by atoms with Crippen molar-refractivity contribution >= 4 is 37.4 Å². The van der Waals surface area contributed by atoms with Crippen LogP contribution in [-0.2, 0) is 6.54 Å². The average Bonchev–Trinajstić information content (AvgIpc) is 3.17. The van der Waals surface area contributed by atoms with E-state index in [1.165, 1.54) is 4.88 Å². The summed E-state index contributed by atoms with van der Waals surface area (Å²) in [5.41, 5.74) is 3.75. The van der Waals surface area contributed by atoms with E-state index in [9.17, 15) is 9.65 Å². The van der Waals surface area contributed by atoms with Crippen molar-refractivity contribution < 1.29 is 4.39 Å². The van der Waals surface area contributed by atoms with E-state index in [1.807, 2.05) is 37.4 Å². The van der Waals surface area contributed by atoms with Gasteiger partial charge in [0.25, 0.3) is 0 Å². The molecule has 0 spiro atoms. The molecule has 2 aromatic rings. The molecular formula is C20H21BrFN3S. The summed E-state index contributed by atoms with van der Waals surface area (Å²) >= 11 is 5.28. The number of rotatable bonds is 8. The van der Waals surface area contributed by atoms with Crippen LogP contribution in [-0.4, -0.2) is 11.7 Å². The SMILES string of the molecule is C/C=C/C/C(CCF)=C(/Br)c1nc(C#N)cc(NCc2cccs2)c1C. The van der Waals surface area contributed by atoms with Crippen LogP contribution in [0.15, 0.2) is 41.3 Å². The predicted molar refractivity (Wildman–Crippen MR) is 111 cm³/mol. The average molecular weight is 434 g/mol. The largest absolute Gasteiger partial charge is 0.380 e. The molecule has 2 heterocycles. The highest BCUT2D eigenvalue weighted by molar-refractivity contribution is 9.15. The molecule has 3 nitrogen and oxygen atoms in total. The lowest BCUT2D eigenvalue weighted by atomic mass is 10.0. The maximum Gasteiger partial charge on any atom is 0.143 e. The van der Waals surface area contributed by atoms with Crippen LogP contribution in [0, 0.1) is 18.3 Å². The van der Waals surface area contributed by atoms with E-state index < -0.39 is 6.67 Å². The predicted octanol–water partition coefficient (Wildman–Crippen LogP) is 6.37. The highest BCUT2D eigenvalue weighted by Gasteiger charge is 2.15. The molecule has 2 rings (SSSR count). The maximum atomic E-state index is 13.0. The summed E-state index contributed by atoms with van der Waals surface area (Å²) in [5.74, 6) is 0. The lowest BCUT2D eigenvalue weighted by molar-refractivity contribution is 0.493. The van der Waals surface area contributed by atoms with Crippen molar-refractivity contribution in [2.45, 2.75) is 33.2 Å². The molecule has 0 bridgehead atoms. The number of pyridine rings is 1. The lowest BCUT2D eigenvalue weighted by Crippen LogP contribution is -2.05. The van der Waals surface area contributed by atoms with Gasteiger partial charge in [-0.2, -0.15) is 5.26 Å². The molecule has 2 aromatic heterocycles. The first-order valence-corrected chi connectivity index (χ1v) is 10.0. The fourth-order valence-electron chi connectivity index (χ4n) is 2.50. The number of hydrogen-bond acceptors (Lipinski definition) is 4. The van der Waals surface area contributed by atoms with Gasteiger partial charge in [0.1, 0.15) is 11.8 Å². The zero-order valence-electron chi connectivity index (χ0n) is 14.9. The van der Waals surface area contributed by atoms with Gasteiger partial charge < -0.3 is 5.32 Å². The number of hydrogen-bond donors (Lipinski definition) is 1. The van der Waals surface area contributed by atoms with Crippen molar-refractivity contribution in [3.8, 4) is 6.07 Å². The molecular weight excluding hydrogens is 413 g/mol. The normalized spacial score (nSPS) is 12.1. The highest BCUT2D eigenvalue weighted by atomic mass is 79.9. The summed E-state index contributed by atoms with van der Waals surface area (Å²) in [6, 6.07) is 7.95. The first-order chi connectivity index (χ1) is 12.6. The van der Waals surface area contributed by atoms with Gasteiger partial charge in [-0.05, 0) is 71.3 Å². The second-order valence-corrected chi connectivity index (χ2v) is 7.53. The third kappa shape index (κ3) is 5.26. The number of halogens is 2. The van der Waals surface area contributed by atoms with E-state index in [2.05, 4.69) is 38.4 Å².